The number of benzene rings is 2. The van der Waals surface area contributed by atoms with Gasteiger partial charge >= 0.3 is 0 Å². The molecule has 1 amide bonds. The fourth-order valence-corrected chi connectivity index (χ4v) is 4.57. The lowest BCUT2D eigenvalue weighted by molar-refractivity contribution is -0.133. The van der Waals surface area contributed by atoms with Gasteiger partial charge in [-0.1, -0.05) is 56.3 Å². The summed E-state index contributed by atoms with van der Waals surface area (Å²) in [6.07, 6.45) is 2.09. The summed E-state index contributed by atoms with van der Waals surface area (Å²) in [7, 11) is 1.79. The Morgan fingerprint density at radius 1 is 1.09 bits per heavy atom. The van der Waals surface area contributed by atoms with E-state index in [-0.39, 0.29) is 17.9 Å². The summed E-state index contributed by atoms with van der Waals surface area (Å²) < 4.78 is 0. The number of nitrogens with one attached hydrogen (secondary N) is 2. The van der Waals surface area contributed by atoms with Crippen LogP contribution in [-0.4, -0.2) is 49.5 Å². The van der Waals surface area contributed by atoms with Crippen molar-refractivity contribution in [2.45, 2.75) is 45.8 Å². The lowest BCUT2D eigenvalue weighted by Crippen LogP contribution is -2.45. The molecule has 2 heterocycles. The van der Waals surface area contributed by atoms with Crippen LogP contribution in [0, 0.1) is 5.92 Å². The SMILES string of the molecule is CN=C(NCc1ccc(CN2CCc3ccccc32)cc1)NC1CCN(C(=O)C(C)C)C1. The Kier molecular flexibility index (Phi) is 6.98. The van der Waals surface area contributed by atoms with Gasteiger partial charge in [0.25, 0.3) is 0 Å². The summed E-state index contributed by atoms with van der Waals surface area (Å²) in [5, 5.41) is 6.88. The zero-order valence-electron chi connectivity index (χ0n) is 19.5. The van der Waals surface area contributed by atoms with E-state index in [2.05, 4.69) is 69.1 Å². The lowest BCUT2D eigenvalue weighted by atomic mass is 10.1. The van der Waals surface area contributed by atoms with Crippen molar-refractivity contribution in [1.82, 2.24) is 15.5 Å². The fourth-order valence-electron chi connectivity index (χ4n) is 4.57. The van der Waals surface area contributed by atoms with Gasteiger partial charge in [-0.25, -0.2) is 0 Å². The first-order valence-electron chi connectivity index (χ1n) is 11.7. The maximum atomic E-state index is 12.2. The molecule has 1 atom stereocenters. The molecule has 170 valence electrons. The molecule has 4 rings (SSSR count). The monoisotopic (exact) mass is 433 g/mol. The fraction of sp³-hybridized carbons (Fsp3) is 0.462. The molecule has 2 aromatic carbocycles. The van der Waals surface area contributed by atoms with Crippen molar-refractivity contribution in [2.24, 2.45) is 10.9 Å². The van der Waals surface area contributed by atoms with Crippen LogP contribution in [0.25, 0.3) is 0 Å². The highest BCUT2D eigenvalue weighted by molar-refractivity contribution is 5.81. The average Bonchev–Trinajstić information content (AvgIpc) is 3.44. The molecule has 1 unspecified atom stereocenters. The van der Waals surface area contributed by atoms with Crippen LogP contribution in [0.5, 0.6) is 0 Å². The van der Waals surface area contributed by atoms with Gasteiger partial charge in [-0.2, -0.15) is 0 Å². The summed E-state index contributed by atoms with van der Waals surface area (Å²) in [5.41, 5.74) is 5.37. The minimum absolute atomic E-state index is 0.0503. The van der Waals surface area contributed by atoms with Crippen LogP contribution in [0.3, 0.4) is 0 Å². The molecule has 0 bridgehead atoms. The van der Waals surface area contributed by atoms with E-state index in [0.717, 1.165) is 45.0 Å². The Hall–Kier alpha value is -3.02. The zero-order valence-corrected chi connectivity index (χ0v) is 19.5. The summed E-state index contributed by atoms with van der Waals surface area (Å²) in [6, 6.07) is 17.8. The van der Waals surface area contributed by atoms with E-state index >= 15 is 0 Å². The largest absolute Gasteiger partial charge is 0.367 e. The van der Waals surface area contributed by atoms with Crippen molar-refractivity contribution in [2.75, 3.05) is 31.6 Å². The number of likely N-dealkylation sites (tertiary alicyclic amines) is 1. The quantitative estimate of drug-likeness (QED) is 0.543. The van der Waals surface area contributed by atoms with Gasteiger partial charge in [0, 0.05) is 57.4 Å². The third kappa shape index (κ3) is 5.23. The van der Waals surface area contributed by atoms with E-state index in [1.807, 2.05) is 18.7 Å². The first-order chi connectivity index (χ1) is 15.5. The van der Waals surface area contributed by atoms with Gasteiger partial charge in [0.1, 0.15) is 0 Å². The van der Waals surface area contributed by atoms with Crippen LogP contribution in [0.15, 0.2) is 53.5 Å². The molecule has 2 N–H and O–H groups in total. The predicted octanol–water partition coefficient (Wildman–Crippen LogP) is 3.17. The van der Waals surface area contributed by atoms with Crippen molar-refractivity contribution in [3.63, 3.8) is 0 Å². The van der Waals surface area contributed by atoms with E-state index < -0.39 is 0 Å². The molecule has 1 saturated heterocycles. The van der Waals surface area contributed by atoms with E-state index in [1.165, 1.54) is 22.4 Å². The molecule has 2 aliphatic heterocycles. The summed E-state index contributed by atoms with van der Waals surface area (Å²) in [6.45, 7) is 8.22. The number of anilines is 1. The first kappa shape index (κ1) is 22.2. The van der Waals surface area contributed by atoms with E-state index in [9.17, 15) is 4.79 Å². The maximum absolute atomic E-state index is 12.2. The number of hydrogen-bond donors (Lipinski definition) is 2. The highest BCUT2D eigenvalue weighted by Crippen LogP contribution is 2.28. The molecule has 6 heteroatoms. The summed E-state index contributed by atoms with van der Waals surface area (Å²) in [5.74, 6) is 1.07. The van der Waals surface area contributed by atoms with E-state index in [4.69, 9.17) is 0 Å². The lowest BCUT2D eigenvalue weighted by Gasteiger charge is -2.21. The third-order valence-electron chi connectivity index (χ3n) is 6.40. The summed E-state index contributed by atoms with van der Waals surface area (Å²) in [4.78, 5) is 21.0. The maximum Gasteiger partial charge on any atom is 0.225 e. The number of nitrogens with zero attached hydrogens (tertiary/aromatic N) is 3. The van der Waals surface area contributed by atoms with Gasteiger partial charge in [-0.05, 0) is 35.6 Å². The highest BCUT2D eigenvalue weighted by atomic mass is 16.2. The number of para-hydroxylation sites is 1. The predicted molar refractivity (Wildman–Crippen MR) is 131 cm³/mol. The van der Waals surface area contributed by atoms with Crippen LogP contribution in [0.1, 0.15) is 37.0 Å². The normalized spacial score (nSPS) is 18.2. The topological polar surface area (TPSA) is 60.0 Å². The molecule has 1 fully saturated rings. The molecular formula is C26H35N5O. The van der Waals surface area contributed by atoms with Crippen LogP contribution in [0.4, 0.5) is 5.69 Å². The molecule has 32 heavy (non-hydrogen) atoms. The van der Waals surface area contributed by atoms with E-state index in [0.29, 0.717) is 6.54 Å². The number of hydrogen-bond acceptors (Lipinski definition) is 3. The molecule has 2 aliphatic rings. The number of carbonyl (C=O) groups excluding carboxylic acids is 1. The second kappa shape index (κ2) is 10.1. The minimum atomic E-state index is 0.0503. The Morgan fingerprint density at radius 2 is 1.84 bits per heavy atom. The van der Waals surface area contributed by atoms with Gasteiger partial charge in [-0.15, -0.1) is 0 Å². The highest BCUT2D eigenvalue weighted by Gasteiger charge is 2.28. The average molecular weight is 434 g/mol. The number of amides is 1. The van der Waals surface area contributed by atoms with Gasteiger partial charge < -0.3 is 20.4 Å². The molecule has 2 aromatic rings. The molecule has 0 aromatic heterocycles. The molecule has 0 radical (unpaired) electrons. The van der Waals surface area contributed by atoms with Gasteiger partial charge in [0.05, 0.1) is 0 Å². The Balaban J connectivity index is 1.25. The number of carbonyl (C=O) groups is 1. The zero-order chi connectivity index (χ0) is 22.5. The van der Waals surface area contributed by atoms with Crippen molar-refractivity contribution >= 4 is 17.6 Å². The first-order valence-corrected chi connectivity index (χ1v) is 11.7. The number of rotatable bonds is 6. The number of fused-ring (bicyclic) bond motifs is 1. The minimum Gasteiger partial charge on any atom is -0.367 e. The Morgan fingerprint density at radius 3 is 2.59 bits per heavy atom. The number of aliphatic imine (C=N–C) groups is 1. The molecule has 0 saturated carbocycles. The number of guanidine groups is 1. The van der Waals surface area contributed by atoms with Gasteiger partial charge in [0.15, 0.2) is 5.96 Å². The van der Waals surface area contributed by atoms with Gasteiger partial charge in [-0.3, -0.25) is 9.79 Å². The Labute approximate surface area is 191 Å². The molecule has 6 nitrogen and oxygen atoms in total. The Bertz CT molecular complexity index is 953. The summed E-state index contributed by atoms with van der Waals surface area (Å²) >= 11 is 0. The van der Waals surface area contributed by atoms with Crippen molar-refractivity contribution in [3.8, 4) is 0 Å². The second-order valence-corrected chi connectivity index (χ2v) is 9.11. The van der Waals surface area contributed by atoms with Crippen molar-refractivity contribution in [1.29, 1.82) is 0 Å². The molecule has 0 aliphatic carbocycles. The van der Waals surface area contributed by atoms with Crippen molar-refractivity contribution in [3.05, 3.63) is 65.2 Å². The van der Waals surface area contributed by atoms with Crippen LogP contribution >= 0.6 is 0 Å². The molecule has 0 spiro atoms. The standard InChI is InChI=1S/C26H35N5O/c1-19(2)25(32)31-15-13-23(18-31)29-26(27-3)28-16-20-8-10-21(11-9-20)17-30-14-12-22-6-4-5-7-24(22)30/h4-11,19,23H,12-18H2,1-3H3,(H2,27,28,29). The molecular weight excluding hydrogens is 398 g/mol. The van der Waals surface area contributed by atoms with E-state index in [1.54, 1.807) is 7.05 Å². The van der Waals surface area contributed by atoms with Gasteiger partial charge in [0.2, 0.25) is 5.91 Å². The smallest absolute Gasteiger partial charge is 0.225 e. The van der Waals surface area contributed by atoms with Crippen LogP contribution in [0.2, 0.25) is 0 Å². The third-order valence-corrected chi connectivity index (χ3v) is 6.40. The van der Waals surface area contributed by atoms with Crippen molar-refractivity contribution < 1.29 is 4.79 Å². The van der Waals surface area contributed by atoms with Crippen LogP contribution in [-0.2, 0) is 24.3 Å². The second-order valence-electron chi connectivity index (χ2n) is 9.11. The van der Waals surface area contributed by atoms with Crippen LogP contribution < -0.4 is 15.5 Å².